The molecule has 2 aromatic rings. The van der Waals surface area contributed by atoms with Crippen LogP contribution in [0, 0.1) is 11.3 Å². The molecule has 1 saturated heterocycles. The topological polar surface area (TPSA) is 62.3 Å². The first-order chi connectivity index (χ1) is 11.3. The van der Waals surface area contributed by atoms with Crippen LogP contribution in [0.1, 0.15) is 36.4 Å². The molecule has 1 aliphatic rings. The predicted molar refractivity (Wildman–Crippen MR) is 89.2 cm³/mol. The van der Waals surface area contributed by atoms with E-state index in [1.54, 1.807) is 13.2 Å². The van der Waals surface area contributed by atoms with Crippen LogP contribution in [-0.4, -0.2) is 25.2 Å². The maximum Gasteiger partial charge on any atom is 0.235 e. The van der Waals surface area contributed by atoms with Crippen LogP contribution in [0.15, 0.2) is 28.7 Å². The highest BCUT2D eigenvalue weighted by Gasteiger charge is 2.20. The molecule has 0 amide bonds. The zero-order chi connectivity index (χ0) is 16.1. The van der Waals surface area contributed by atoms with E-state index in [-0.39, 0.29) is 0 Å². The minimum Gasteiger partial charge on any atom is -0.497 e. The number of rotatable bonds is 4. The second kappa shape index (κ2) is 7.01. The number of ether oxygens (including phenoxy) is 1. The van der Waals surface area contributed by atoms with E-state index >= 15 is 0 Å². The average Bonchev–Trinajstić information content (AvgIpc) is 3.04. The van der Waals surface area contributed by atoms with Gasteiger partial charge in [-0.15, -0.1) is 0 Å². The second-order valence-corrected chi connectivity index (χ2v) is 5.48. The normalized spacial score (nSPS) is 14.9. The Balaban J connectivity index is 1.81. The summed E-state index contributed by atoms with van der Waals surface area (Å²) in [5.41, 5.74) is 1.35. The van der Waals surface area contributed by atoms with Gasteiger partial charge in [0.05, 0.1) is 7.11 Å². The molecule has 0 spiro atoms. The molecule has 0 aliphatic carbocycles. The standard InChI is InChI=1S/C18H19N3O2/c1-22-15-7-5-6-14(12-15)8-9-17-20-16(13-19)18(23-17)21-10-3-2-4-11-21/h5-9,12H,2-4,10-11H2,1H3/b9-8+. The third kappa shape index (κ3) is 3.54. The number of piperidine rings is 1. The van der Waals surface area contributed by atoms with Gasteiger partial charge in [-0.1, -0.05) is 12.1 Å². The molecule has 1 aromatic carbocycles. The number of benzene rings is 1. The summed E-state index contributed by atoms with van der Waals surface area (Å²) in [4.78, 5) is 6.38. The largest absolute Gasteiger partial charge is 0.497 e. The van der Waals surface area contributed by atoms with Crippen LogP contribution in [-0.2, 0) is 0 Å². The van der Waals surface area contributed by atoms with Crippen molar-refractivity contribution < 1.29 is 9.15 Å². The van der Waals surface area contributed by atoms with Gasteiger partial charge in [0.1, 0.15) is 11.8 Å². The number of nitriles is 1. The molecular weight excluding hydrogens is 290 g/mol. The van der Waals surface area contributed by atoms with Gasteiger partial charge >= 0.3 is 0 Å². The van der Waals surface area contributed by atoms with Crippen LogP contribution < -0.4 is 9.64 Å². The summed E-state index contributed by atoms with van der Waals surface area (Å²) in [5.74, 6) is 1.84. The molecule has 1 aromatic heterocycles. The lowest BCUT2D eigenvalue weighted by atomic mass is 10.1. The maximum atomic E-state index is 9.28. The van der Waals surface area contributed by atoms with E-state index in [1.165, 1.54) is 6.42 Å². The first-order valence-corrected chi connectivity index (χ1v) is 7.78. The number of oxazole rings is 1. The third-order valence-corrected chi connectivity index (χ3v) is 3.89. The summed E-state index contributed by atoms with van der Waals surface area (Å²) in [6.07, 6.45) is 7.16. The number of anilines is 1. The summed E-state index contributed by atoms with van der Waals surface area (Å²) in [6.45, 7) is 1.84. The molecule has 118 valence electrons. The molecule has 0 radical (unpaired) electrons. The summed E-state index contributed by atoms with van der Waals surface area (Å²) in [7, 11) is 1.64. The lowest BCUT2D eigenvalue weighted by Gasteiger charge is -2.25. The van der Waals surface area contributed by atoms with Crippen molar-refractivity contribution in [3.63, 3.8) is 0 Å². The predicted octanol–water partition coefficient (Wildman–Crippen LogP) is 3.72. The lowest BCUT2D eigenvalue weighted by molar-refractivity contribution is 0.414. The first kappa shape index (κ1) is 15.2. The highest BCUT2D eigenvalue weighted by Crippen LogP contribution is 2.26. The van der Waals surface area contributed by atoms with Crippen LogP contribution in [0.25, 0.3) is 12.2 Å². The zero-order valence-corrected chi connectivity index (χ0v) is 13.2. The Hall–Kier alpha value is -2.74. The summed E-state index contributed by atoms with van der Waals surface area (Å²) >= 11 is 0. The van der Waals surface area contributed by atoms with Crippen molar-refractivity contribution in [2.24, 2.45) is 0 Å². The van der Waals surface area contributed by atoms with Crippen molar-refractivity contribution in [2.75, 3.05) is 25.1 Å². The number of aromatic nitrogens is 1. The van der Waals surface area contributed by atoms with E-state index in [0.717, 1.165) is 37.2 Å². The molecule has 3 rings (SSSR count). The molecule has 23 heavy (non-hydrogen) atoms. The lowest BCUT2D eigenvalue weighted by Crippen LogP contribution is -2.29. The molecule has 5 heteroatoms. The highest BCUT2D eigenvalue weighted by atomic mass is 16.5. The number of methoxy groups -OCH3 is 1. The number of hydrogen-bond acceptors (Lipinski definition) is 5. The van der Waals surface area contributed by atoms with Gasteiger partial charge in [-0.3, -0.25) is 0 Å². The van der Waals surface area contributed by atoms with Crippen molar-refractivity contribution in [2.45, 2.75) is 19.3 Å². The van der Waals surface area contributed by atoms with Crippen LogP contribution in [0.2, 0.25) is 0 Å². The molecule has 1 fully saturated rings. The molecule has 0 N–H and O–H groups in total. The fourth-order valence-electron chi connectivity index (χ4n) is 2.70. The minimum atomic E-state index is 0.359. The zero-order valence-electron chi connectivity index (χ0n) is 13.2. The Kier molecular flexibility index (Phi) is 4.62. The Morgan fingerprint density at radius 1 is 1.26 bits per heavy atom. The Labute approximate surface area is 135 Å². The van der Waals surface area contributed by atoms with Crippen molar-refractivity contribution in [3.8, 4) is 11.8 Å². The summed E-state index contributed by atoms with van der Waals surface area (Å²) in [5, 5.41) is 9.28. The van der Waals surface area contributed by atoms with Gasteiger partial charge in [-0.2, -0.15) is 10.2 Å². The van der Waals surface area contributed by atoms with Crippen LogP contribution in [0.4, 0.5) is 5.88 Å². The van der Waals surface area contributed by atoms with Gasteiger partial charge in [0.2, 0.25) is 17.5 Å². The second-order valence-electron chi connectivity index (χ2n) is 5.48. The molecule has 1 aliphatic heterocycles. The summed E-state index contributed by atoms with van der Waals surface area (Å²) < 4.78 is 11.0. The molecule has 2 heterocycles. The van der Waals surface area contributed by atoms with Crippen LogP contribution in [0.5, 0.6) is 5.75 Å². The van der Waals surface area contributed by atoms with Crippen molar-refractivity contribution >= 4 is 18.0 Å². The van der Waals surface area contributed by atoms with Crippen molar-refractivity contribution in [3.05, 3.63) is 41.4 Å². The van der Waals surface area contributed by atoms with E-state index in [9.17, 15) is 5.26 Å². The molecule has 0 saturated carbocycles. The number of nitrogens with zero attached hydrogens (tertiary/aromatic N) is 3. The third-order valence-electron chi connectivity index (χ3n) is 3.89. The molecule has 0 unspecified atom stereocenters. The van der Waals surface area contributed by atoms with Crippen LogP contribution in [0.3, 0.4) is 0 Å². The van der Waals surface area contributed by atoms with Gasteiger partial charge in [-0.05, 0) is 43.0 Å². The smallest absolute Gasteiger partial charge is 0.235 e. The van der Waals surface area contributed by atoms with Gasteiger partial charge in [0, 0.05) is 19.2 Å². The number of hydrogen-bond donors (Lipinski definition) is 0. The Bertz CT molecular complexity index is 737. The molecular formula is C18H19N3O2. The quantitative estimate of drug-likeness (QED) is 0.861. The SMILES string of the molecule is COc1cccc(/C=C/c2nc(C#N)c(N3CCCCC3)o2)c1. The van der Waals surface area contributed by atoms with Gasteiger partial charge < -0.3 is 14.1 Å². The van der Waals surface area contributed by atoms with E-state index in [0.29, 0.717) is 17.5 Å². The van der Waals surface area contributed by atoms with Crippen molar-refractivity contribution in [1.82, 2.24) is 4.98 Å². The van der Waals surface area contributed by atoms with Crippen molar-refractivity contribution in [1.29, 1.82) is 5.26 Å². The molecule has 0 bridgehead atoms. The van der Waals surface area contributed by atoms with E-state index in [2.05, 4.69) is 16.0 Å². The first-order valence-electron chi connectivity index (χ1n) is 7.78. The molecule has 0 atom stereocenters. The van der Waals surface area contributed by atoms with E-state index in [1.807, 2.05) is 30.3 Å². The molecule has 5 nitrogen and oxygen atoms in total. The van der Waals surface area contributed by atoms with Gasteiger partial charge in [0.25, 0.3) is 0 Å². The Morgan fingerprint density at radius 2 is 2.09 bits per heavy atom. The van der Waals surface area contributed by atoms with Gasteiger partial charge in [0.15, 0.2) is 0 Å². The fraction of sp³-hybridized carbons (Fsp3) is 0.333. The summed E-state index contributed by atoms with van der Waals surface area (Å²) in [6, 6.07) is 9.85. The fourth-order valence-corrected chi connectivity index (χ4v) is 2.70. The average molecular weight is 309 g/mol. The Morgan fingerprint density at radius 3 is 2.83 bits per heavy atom. The van der Waals surface area contributed by atoms with Crippen LogP contribution >= 0.6 is 0 Å². The monoisotopic (exact) mass is 309 g/mol. The van der Waals surface area contributed by atoms with E-state index < -0.39 is 0 Å². The van der Waals surface area contributed by atoms with Gasteiger partial charge in [-0.25, -0.2) is 0 Å². The van der Waals surface area contributed by atoms with E-state index in [4.69, 9.17) is 9.15 Å². The highest BCUT2D eigenvalue weighted by molar-refractivity contribution is 5.68. The minimum absolute atomic E-state index is 0.359. The maximum absolute atomic E-state index is 9.28.